The minimum Gasteiger partial charge on any atom is -0.310 e. The van der Waals surface area contributed by atoms with Crippen LogP contribution in [-0.2, 0) is 10.8 Å². The van der Waals surface area contributed by atoms with Gasteiger partial charge in [-0.25, -0.2) is 0 Å². The van der Waals surface area contributed by atoms with Gasteiger partial charge >= 0.3 is 0 Å². The molecule has 18 aromatic rings. The molecule has 0 radical (unpaired) electrons. The van der Waals surface area contributed by atoms with Gasteiger partial charge in [0.15, 0.2) is 0 Å². The predicted octanol–water partition coefficient (Wildman–Crippen LogP) is 23.5. The number of benzene rings is 18. The van der Waals surface area contributed by atoms with Gasteiger partial charge in [-0.1, -0.05) is 267 Å². The van der Waals surface area contributed by atoms with Crippen LogP contribution in [0.4, 0.5) is 34.1 Å². The zero-order chi connectivity index (χ0) is 63.4. The smallest absolute Gasteiger partial charge is 0.0540 e. The molecule has 2 unspecified atom stereocenters. The van der Waals surface area contributed by atoms with Crippen molar-refractivity contribution in [2.45, 2.75) is 37.5 Å². The van der Waals surface area contributed by atoms with Gasteiger partial charge in [-0.05, 0) is 228 Å². The largest absolute Gasteiger partial charge is 0.310 e. The van der Waals surface area contributed by atoms with Gasteiger partial charge < -0.3 is 9.80 Å². The molecule has 20 rings (SSSR count). The van der Waals surface area contributed by atoms with Crippen molar-refractivity contribution in [2.75, 3.05) is 9.80 Å². The molecular formula is C94H64N2. The second-order valence-electron chi connectivity index (χ2n) is 27.1. The van der Waals surface area contributed by atoms with Crippen LogP contribution in [0.5, 0.6) is 0 Å². The fourth-order valence-corrected chi connectivity index (χ4v) is 18.1. The average Bonchev–Trinajstić information content (AvgIpc) is 0.713. The van der Waals surface area contributed by atoms with E-state index in [0.29, 0.717) is 0 Å². The maximum atomic E-state index is 2.55. The third-order valence-corrected chi connectivity index (χ3v) is 22.1. The summed E-state index contributed by atoms with van der Waals surface area (Å²) in [4.78, 5) is 5.06. The van der Waals surface area contributed by atoms with E-state index in [1.807, 2.05) is 0 Å². The highest BCUT2D eigenvalue weighted by molar-refractivity contribution is 6.29. The fraction of sp³-hybridized carbons (Fsp3) is 0.0638. The van der Waals surface area contributed by atoms with E-state index in [1.165, 1.54) is 152 Å². The van der Waals surface area contributed by atoms with Gasteiger partial charge in [0.25, 0.3) is 0 Å². The molecule has 450 valence electrons. The molecule has 0 aliphatic heterocycles. The number of fused-ring (bicyclic) bond motifs is 4. The van der Waals surface area contributed by atoms with Crippen LogP contribution in [0.1, 0.15) is 57.3 Å². The summed E-state index contributed by atoms with van der Waals surface area (Å²) in [6, 6.07) is 120. The molecule has 0 N–H and O–H groups in total. The molecule has 0 amide bonds. The third-order valence-electron chi connectivity index (χ3n) is 22.1. The van der Waals surface area contributed by atoms with Crippen LogP contribution in [0.15, 0.2) is 315 Å². The summed E-state index contributed by atoms with van der Waals surface area (Å²) in [7, 11) is 0. The van der Waals surface area contributed by atoms with Gasteiger partial charge in [0, 0.05) is 44.4 Å². The summed E-state index contributed by atoms with van der Waals surface area (Å²) in [5.74, 6) is 0. The second-order valence-corrected chi connectivity index (χ2v) is 27.1. The second kappa shape index (κ2) is 20.8. The highest BCUT2D eigenvalue weighted by atomic mass is 15.2. The van der Waals surface area contributed by atoms with E-state index in [2.05, 4.69) is 351 Å². The normalized spacial score (nSPS) is 16.0. The van der Waals surface area contributed by atoms with Gasteiger partial charge in [0.2, 0.25) is 0 Å². The van der Waals surface area contributed by atoms with Crippen LogP contribution in [0.3, 0.4) is 0 Å². The standard InChI is InChI=1S/C94H64N2/c1-59-19-9-31-69(55-59)95(71-33-15-29-67(57-71)93(65-25-5-3-6-26-65)53-51-79-75-37-13-23-61-21-11-35-73(87(61)75)77-39-17-41-83(93)91(77)79)85-49-45-63-44-48-82-86(50-46-64-43-47-81(85)89(63)90(64)82)96(70-32-10-20-60(2)56-70)72-34-16-30-68(58-72)94(66-27-7-4-8-28-66)54-52-80-76-38-14-24-62-22-12-36-74(88(62)76)78-40-18-42-84(94)92(78)80/h3-52,55-58H,53-54H2,1-2H3. The molecule has 2 aliphatic carbocycles. The lowest BCUT2D eigenvalue weighted by atomic mass is 9.63. The van der Waals surface area contributed by atoms with E-state index < -0.39 is 10.8 Å². The fourth-order valence-electron chi connectivity index (χ4n) is 18.1. The number of rotatable bonds is 10. The SMILES string of the molecule is Cc1cccc(N(c2cccc(C3(c4ccccc4)CC=c4c5cccc6cccc(c7cccc3c47)c65)c2)c2ccc3ccc4c(N(c5cccc(C)c5)c5cccc(C6(c7ccccc7)CC=c7c8cccc9cccc(c%10cccc6c7%10)c98)c5)ccc5ccc2c3c54)c1. The van der Waals surface area contributed by atoms with Crippen molar-refractivity contribution in [3.8, 4) is 0 Å². The van der Waals surface area contributed by atoms with Crippen molar-refractivity contribution in [2.24, 2.45) is 0 Å². The molecule has 96 heavy (non-hydrogen) atoms. The van der Waals surface area contributed by atoms with Crippen LogP contribution in [0, 0.1) is 13.8 Å². The Kier molecular flexibility index (Phi) is 11.9. The van der Waals surface area contributed by atoms with Crippen molar-refractivity contribution < 1.29 is 0 Å². The lowest BCUT2D eigenvalue weighted by molar-refractivity contribution is 0.644. The first kappa shape index (κ1) is 54.7. The van der Waals surface area contributed by atoms with Crippen LogP contribution >= 0.6 is 0 Å². The van der Waals surface area contributed by atoms with Crippen LogP contribution < -0.4 is 20.2 Å². The van der Waals surface area contributed by atoms with E-state index >= 15 is 0 Å². The minimum atomic E-state index is -0.491. The predicted molar refractivity (Wildman–Crippen MR) is 408 cm³/mol. The summed E-state index contributed by atoms with van der Waals surface area (Å²) in [6.07, 6.45) is 6.74. The van der Waals surface area contributed by atoms with E-state index in [9.17, 15) is 0 Å². The monoisotopic (exact) mass is 1220 g/mol. The Balaban J connectivity index is 0.778. The Hall–Kier alpha value is -11.8. The third kappa shape index (κ3) is 7.76. The van der Waals surface area contributed by atoms with Crippen molar-refractivity contribution in [1.82, 2.24) is 0 Å². The Bertz CT molecular complexity index is 5980. The molecule has 0 saturated heterocycles. The number of nitrogens with zero attached hydrogens (tertiary/aromatic N) is 2. The lowest BCUT2D eigenvalue weighted by Crippen LogP contribution is -2.34. The quantitative estimate of drug-likeness (QED) is 0.0995. The average molecular weight is 1220 g/mol. The summed E-state index contributed by atoms with van der Waals surface area (Å²) >= 11 is 0. The Morgan fingerprint density at radius 1 is 0.240 bits per heavy atom. The first-order chi connectivity index (χ1) is 47.4. The van der Waals surface area contributed by atoms with E-state index in [-0.39, 0.29) is 0 Å². The van der Waals surface area contributed by atoms with Gasteiger partial charge in [0.1, 0.15) is 0 Å². The molecule has 0 bridgehead atoms. The lowest BCUT2D eigenvalue weighted by Gasteiger charge is -2.39. The maximum absolute atomic E-state index is 2.55. The molecule has 2 heteroatoms. The zero-order valence-corrected chi connectivity index (χ0v) is 53.5. The summed E-state index contributed by atoms with van der Waals surface area (Å²) < 4.78 is 0. The van der Waals surface area contributed by atoms with Crippen molar-refractivity contribution >= 4 is 143 Å². The Labute approximate surface area is 557 Å². The van der Waals surface area contributed by atoms with E-state index in [1.54, 1.807) is 0 Å². The summed E-state index contributed by atoms with van der Waals surface area (Å²) in [5.41, 5.74) is 15.9. The number of anilines is 6. The van der Waals surface area contributed by atoms with Gasteiger partial charge in [-0.15, -0.1) is 0 Å². The van der Waals surface area contributed by atoms with Crippen LogP contribution in [0.2, 0.25) is 0 Å². The van der Waals surface area contributed by atoms with Gasteiger partial charge in [0.05, 0.1) is 11.4 Å². The first-order valence-electron chi connectivity index (χ1n) is 33.9. The van der Waals surface area contributed by atoms with Crippen molar-refractivity contribution in [3.05, 3.63) is 370 Å². The molecule has 0 heterocycles. The molecular weight excluding hydrogens is 1160 g/mol. The Morgan fingerprint density at radius 3 is 0.990 bits per heavy atom. The van der Waals surface area contributed by atoms with Crippen LogP contribution in [-0.4, -0.2) is 0 Å². The zero-order valence-electron chi connectivity index (χ0n) is 53.5. The van der Waals surface area contributed by atoms with Gasteiger partial charge in [-0.3, -0.25) is 0 Å². The van der Waals surface area contributed by atoms with E-state index in [4.69, 9.17) is 0 Å². The van der Waals surface area contributed by atoms with Crippen LogP contribution in [0.25, 0.3) is 109 Å². The molecule has 2 aliphatic rings. The van der Waals surface area contributed by atoms with Crippen molar-refractivity contribution in [1.29, 1.82) is 0 Å². The number of hydrogen-bond donors (Lipinski definition) is 0. The molecule has 0 spiro atoms. The first-order valence-corrected chi connectivity index (χ1v) is 33.9. The minimum absolute atomic E-state index is 0.491. The molecule has 2 nitrogen and oxygen atoms in total. The van der Waals surface area contributed by atoms with Crippen molar-refractivity contribution in [3.63, 3.8) is 0 Å². The Morgan fingerprint density at radius 2 is 0.573 bits per heavy atom. The summed E-state index contributed by atoms with van der Waals surface area (Å²) in [6.45, 7) is 4.43. The molecule has 18 aromatic carbocycles. The molecule has 2 atom stereocenters. The highest BCUT2D eigenvalue weighted by Crippen LogP contribution is 2.54. The topological polar surface area (TPSA) is 6.48 Å². The summed E-state index contributed by atoms with van der Waals surface area (Å²) in [5, 5.41) is 25.9. The molecule has 0 aromatic heterocycles. The number of aryl methyl sites for hydroxylation is 2. The van der Waals surface area contributed by atoms with E-state index in [0.717, 1.165) is 47.0 Å². The van der Waals surface area contributed by atoms with Gasteiger partial charge in [-0.2, -0.15) is 0 Å². The molecule has 0 fully saturated rings. The number of hydrogen-bond acceptors (Lipinski definition) is 2. The molecule has 0 saturated carbocycles. The maximum Gasteiger partial charge on any atom is 0.0540 e. The highest BCUT2D eigenvalue weighted by Gasteiger charge is 2.42.